The van der Waals surface area contributed by atoms with E-state index in [9.17, 15) is 13.7 Å². The second kappa shape index (κ2) is 6.84. The van der Waals surface area contributed by atoms with Crippen molar-refractivity contribution in [3.05, 3.63) is 64.2 Å². The third-order valence-electron chi connectivity index (χ3n) is 3.66. The summed E-state index contributed by atoms with van der Waals surface area (Å²) >= 11 is 0. The molecule has 0 aliphatic heterocycles. The third-order valence-corrected chi connectivity index (χ3v) is 4.92. The van der Waals surface area contributed by atoms with Gasteiger partial charge in [-0.1, -0.05) is 36.8 Å². The summed E-state index contributed by atoms with van der Waals surface area (Å²) in [5.41, 5.74) is 4.58. The maximum absolute atomic E-state index is 12.3. The molecule has 4 nitrogen and oxygen atoms in total. The van der Waals surface area contributed by atoms with Crippen LogP contribution in [0, 0.1) is 25.2 Å². The molecule has 0 unspecified atom stereocenters. The molecule has 2 rings (SSSR count). The molecule has 0 aliphatic carbocycles. The number of nitrogens with one attached hydrogen (secondary N) is 1. The summed E-state index contributed by atoms with van der Waals surface area (Å²) in [6.45, 7) is 5.72. The molecule has 23 heavy (non-hydrogen) atoms. The van der Waals surface area contributed by atoms with Crippen LogP contribution in [0.4, 0.5) is 5.69 Å². The Balaban J connectivity index is 2.25. The Kier molecular flexibility index (Phi) is 5.07. The summed E-state index contributed by atoms with van der Waals surface area (Å²) in [7, 11) is -3.49. The molecule has 0 saturated carbocycles. The average molecular weight is 328 g/mol. The van der Waals surface area contributed by atoms with Gasteiger partial charge in [-0.25, -0.2) is 8.42 Å². The Morgan fingerprint density at radius 3 is 2.35 bits per heavy atom. The molecule has 2 aromatic rings. The van der Waals surface area contributed by atoms with Crippen molar-refractivity contribution in [2.75, 3.05) is 4.72 Å². The third kappa shape index (κ3) is 4.33. The van der Waals surface area contributed by atoms with Crippen molar-refractivity contribution in [3.63, 3.8) is 0 Å². The van der Waals surface area contributed by atoms with Crippen LogP contribution in [0.3, 0.4) is 0 Å². The number of nitrogens with zero attached hydrogens (tertiary/aromatic N) is 1. The van der Waals surface area contributed by atoms with E-state index < -0.39 is 10.0 Å². The van der Waals surface area contributed by atoms with E-state index in [0.717, 1.165) is 22.3 Å². The fourth-order valence-electron chi connectivity index (χ4n) is 2.48. The lowest BCUT2D eigenvalue weighted by Crippen LogP contribution is -2.15. The number of hydrogen-bond donors (Lipinski definition) is 1. The van der Waals surface area contributed by atoms with Crippen LogP contribution in [0.25, 0.3) is 0 Å². The molecule has 0 heterocycles. The first-order valence-electron chi connectivity index (χ1n) is 7.44. The Morgan fingerprint density at radius 2 is 1.78 bits per heavy atom. The van der Waals surface area contributed by atoms with Crippen molar-refractivity contribution in [3.8, 4) is 6.07 Å². The van der Waals surface area contributed by atoms with E-state index in [4.69, 9.17) is 0 Å². The van der Waals surface area contributed by atoms with Crippen molar-refractivity contribution < 1.29 is 8.42 Å². The van der Waals surface area contributed by atoms with Crippen molar-refractivity contribution in [2.45, 2.75) is 32.9 Å². The minimum Gasteiger partial charge on any atom is -0.283 e. The van der Waals surface area contributed by atoms with Crippen molar-refractivity contribution in [1.82, 2.24) is 0 Å². The van der Waals surface area contributed by atoms with E-state index >= 15 is 0 Å². The van der Waals surface area contributed by atoms with E-state index in [-0.39, 0.29) is 5.75 Å². The van der Waals surface area contributed by atoms with Gasteiger partial charge < -0.3 is 0 Å². The summed E-state index contributed by atoms with van der Waals surface area (Å²) in [4.78, 5) is 0. The molecule has 0 fully saturated rings. The number of anilines is 1. The van der Waals surface area contributed by atoms with Crippen molar-refractivity contribution in [2.24, 2.45) is 0 Å². The molecule has 0 aromatic heterocycles. The van der Waals surface area contributed by atoms with Gasteiger partial charge in [0.1, 0.15) is 0 Å². The van der Waals surface area contributed by atoms with Gasteiger partial charge in [0, 0.05) is 5.69 Å². The van der Waals surface area contributed by atoms with Crippen molar-refractivity contribution >= 4 is 15.7 Å². The first-order chi connectivity index (χ1) is 10.8. The van der Waals surface area contributed by atoms with Gasteiger partial charge in [-0.3, -0.25) is 4.72 Å². The van der Waals surface area contributed by atoms with Crippen LogP contribution >= 0.6 is 0 Å². The van der Waals surface area contributed by atoms with Crippen LogP contribution < -0.4 is 4.72 Å². The minimum absolute atomic E-state index is 0.0756. The van der Waals surface area contributed by atoms with Crippen molar-refractivity contribution in [1.29, 1.82) is 5.26 Å². The van der Waals surface area contributed by atoms with Gasteiger partial charge in [0.25, 0.3) is 0 Å². The zero-order valence-electron chi connectivity index (χ0n) is 13.6. The highest BCUT2D eigenvalue weighted by Crippen LogP contribution is 2.22. The van der Waals surface area contributed by atoms with E-state index in [1.54, 1.807) is 12.1 Å². The Labute approximate surface area is 137 Å². The van der Waals surface area contributed by atoms with Gasteiger partial charge in [0.2, 0.25) is 10.0 Å². The van der Waals surface area contributed by atoms with Crippen LogP contribution in [0.1, 0.15) is 34.7 Å². The largest absolute Gasteiger partial charge is 0.283 e. The highest BCUT2D eigenvalue weighted by Gasteiger charge is 2.14. The number of sulfonamides is 1. The topological polar surface area (TPSA) is 70.0 Å². The summed E-state index contributed by atoms with van der Waals surface area (Å²) in [5.74, 6) is -0.0756. The predicted molar refractivity (Wildman–Crippen MR) is 92.7 cm³/mol. The first kappa shape index (κ1) is 17.0. The molecule has 2 aromatic carbocycles. The molecule has 0 atom stereocenters. The fourth-order valence-corrected chi connectivity index (χ4v) is 3.66. The standard InChI is InChI=1S/C18H20N2O2S/c1-4-16-10-17(9-14(3)18(16)11-19)20-23(21,22)12-15-7-5-13(2)6-8-15/h5-10,20H,4,12H2,1-3H3. The summed E-state index contributed by atoms with van der Waals surface area (Å²) in [6.07, 6.45) is 0.678. The molecule has 0 saturated heterocycles. The molecule has 0 amide bonds. The van der Waals surface area contributed by atoms with Gasteiger partial charge in [0.05, 0.1) is 17.4 Å². The summed E-state index contributed by atoms with van der Waals surface area (Å²) in [5, 5.41) is 9.18. The quantitative estimate of drug-likeness (QED) is 0.910. The lowest BCUT2D eigenvalue weighted by atomic mass is 10.0. The predicted octanol–water partition coefficient (Wildman–Crippen LogP) is 3.68. The van der Waals surface area contributed by atoms with Gasteiger partial charge in [-0.05, 0) is 49.1 Å². The molecule has 0 radical (unpaired) electrons. The molecule has 5 heteroatoms. The lowest BCUT2D eigenvalue weighted by Gasteiger charge is -2.12. The van der Waals surface area contributed by atoms with Gasteiger partial charge in [0.15, 0.2) is 0 Å². The maximum Gasteiger partial charge on any atom is 0.236 e. The maximum atomic E-state index is 12.3. The van der Waals surface area contributed by atoms with Crippen LogP contribution in [0.2, 0.25) is 0 Å². The van der Waals surface area contributed by atoms with Gasteiger partial charge in [-0.15, -0.1) is 0 Å². The minimum atomic E-state index is -3.49. The molecule has 120 valence electrons. The second-order valence-corrected chi connectivity index (χ2v) is 7.36. The molecule has 0 spiro atoms. The van der Waals surface area contributed by atoms with Gasteiger partial charge >= 0.3 is 0 Å². The Hall–Kier alpha value is -2.32. The van der Waals surface area contributed by atoms with Crippen LogP contribution in [-0.2, 0) is 22.2 Å². The Bertz CT molecular complexity index is 848. The van der Waals surface area contributed by atoms with Crippen LogP contribution in [0.5, 0.6) is 0 Å². The normalized spacial score (nSPS) is 11.0. The number of hydrogen-bond acceptors (Lipinski definition) is 3. The summed E-state index contributed by atoms with van der Waals surface area (Å²) in [6, 6.07) is 13.0. The number of nitriles is 1. The van der Waals surface area contributed by atoms with E-state index in [1.807, 2.05) is 45.0 Å². The zero-order chi connectivity index (χ0) is 17.0. The smallest absolute Gasteiger partial charge is 0.236 e. The van der Waals surface area contributed by atoms with E-state index in [0.29, 0.717) is 17.7 Å². The molecule has 0 bridgehead atoms. The number of aryl methyl sites for hydroxylation is 3. The lowest BCUT2D eigenvalue weighted by molar-refractivity contribution is 0.600. The first-order valence-corrected chi connectivity index (χ1v) is 9.09. The van der Waals surface area contributed by atoms with Gasteiger partial charge in [-0.2, -0.15) is 5.26 Å². The van der Waals surface area contributed by atoms with E-state index in [2.05, 4.69) is 10.8 Å². The Morgan fingerprint density at radius 1 is 1.13 bits per heavy atom. The highest BCUT2D eigenvalue weighted by molar-refractivity contribution is 7.91. The molecule has 0 aliphatic rings. The fraction of sp³-hybridized carbons (Fsp3) is 0.278. The highest BCUT2D eigenvalue weighted by atomic mass is 32.2. The van der Waals surface area contributed by atoms with Crippen LogP contribution in [-0.4, -0.2) is 8.42 Å². The number of benzene rings is 2. The average Bonchev–Trinajstić information content (AvgIpc) is 2.48. The zero-order valence-corrected chi connectivity index (χ0v) is 14.4. The second-order valence-electron chi connectivity index (χ2n) is 5.64. The molecular weight excluding hydrogens is 308 g/mol. The molecular formula is C18H20N2O2S. The number of rotatable bonds is 5. The monoisotopic (exact) mass is 328 g/mol. The molecule has 1 N–H and O–H groups in total. The van der Waals surface area contributed by atoms with E-state index in [1.165, 1.54) is 0 Å². The SMILES string of the molecule is CCc1cc(NS(=O)(=O)Cc2ccc(C)cc2)cc(C)c1C#N. The van der Waals surface area contributed by atoms with Crippen LogP contribution in [0.15, 0.2) is 36.4 Å². The summed E-state index contributed by atoms with van der Waals surface area (Å²) < 4.78 is 27.3.